The Balaban J connectivity index is 1.85. The summed E-state index contributed by atoms with van der Waals surface area (Å²) >= 11 is 11.8. The van der Waals surface area contributed by atoms with E-state index in [2.05, 4.69) is 15.5 Å². The minimum atomic E-state index is -0.0333. The Morgan fingerprint density at radius 1 is 1.26 bits per heavy atom. The van der Waals surface area contributed by atoms with E-state index in [0.717, 1.165) is 12.1 Å². The van der Waals surface area contributed by atoms with E-state index in [1.54, 1.807) is 18.2 Å². The van der Waals surface area contributed by atoms with Gasteiger partial charge in [-0.3, -0.25) is 0 Å². The van der Waals surface area contributed by atoms with Crippen molar-refractivity contribution in [2.75, 3.05) is 19.8 Å². The zero-order chi connectivity index (χ0) is 13.2. The van der Waals surface area contributed by atoms with Crippen molar-refractivity contribution >= 4 is 23.2 Å². The quantitative estimate of drug-likeness (QED) is 0.924. The van der Waals surface area contributed by atoms with Crippen molar-refractivity contribution < 1.29 is 9.26 Å². The number of aromatic nitrogens is 2. The smallest absolute Gasteiger partial charge is 0.258 e. The fourth-order valence-corrected chi connectivity index (χ4v) is 2.15. The first kappa shape index (κ1) is 12.9. The van der Waals surface area contributed by atoms with Crippen molar-refractivity contribution in [3.8, 4) is 11.5 Å². The normalized spacial score (nSPS) is 19.6. The van der Waals surface area contributed by atoms with E-state index in [4.69, 9.17) is 32.5 Å². The first-order valence-electron chi connectivity index (χ1n) is 5.84. The molecule has 19 heavy (non-hydrogen) atoms. The fourth-order valence-electron chi connectivity index (χ4n) is 1.85. The van der Waals surface area contributed by atoms with Gasteiger partial charge in [0.2, 0.25) is 0 Å². The van der Waals surface area contributed by atoms with Crippen LogP contribution in [0, 0.1) is 0 Å². The topological polar surface area (TPSA) is 60.2 Å². The molecule has 0 saturated carbocycles. The van der Waals surface area contributed by atoms with Crippen LogP contribution in [-0.2, 0) is 4.74 Å². The summed E-state index contributed by atoms with van der Waals surface area (Å²) in [6.07, 6.45) is 0. The van der Waals surface area contributed by atoms with E-state index >= 15 is 0 Å². The van der Waals surface area contributed by atoms with Crippen LogP contribution in [0.15, 0.2) is 22.7 Å². The van der Waals surface area contributed by atoms with Gasteiger partial charge < -0.3 is 14.6 Å². The zero-order valence-corrected chi connectivity index (χ0v) is 11.4. The van der Waals surface area contributed by atoms with Crippen molar-refractivity contribution in [1.29, 1.82) is 0 Å². The summed E-state index contributed by atoms with van der Waals surface area (Å²) in [5, 5.41) is 8.18. The first-order valence-corrected chi connectivity index (χ1v) is 6.60. The minimum absolute atomic E-state index is 0.0333. The number of benzene rings is 1. The Kier molecular flexibility index (Phi) is 3.70. The van der Waals surface area contributed by atoms with Crippen molar-refractivity contribution in [2.24, 2.45) is 0 Å². The van der Waals surface area contributed by atoms with E-state index in [1.165, 1.54) is 0 Å². The van der Waals surface area contributed by atoms with Crippen LogP contribution in [0.1, 0.15) is 11.9 Å². The van der Waals surface area contributed by atoms with Crippen LogP contribution < -0.4 is 5.32 Å². The lowest BCUT2D eigenvalue weighted by molar-refractivity contribution is 0.0734. The summed E-state index contributed by atoms with van der Waals surface area (Å²) in [7, 11) is 0. The highest BCUT2D eigenvalue weighted by atomic mass is 35.5. The second-order valence-corrected chi connectivity index (χ2v) is 4.98. The molecule has 2 heterocycles. The molecule has 1 atom stereocenters. The average molecular weight is 300 g/mol. The Labute approximate surface area is 119 Å². The predicted molar refractivity (Wildman–Crippen MR) is 71.3 cm³/mol. The van der Waals surface area contributed by atoms with Crippen LogP contribution in [-0.4, -0.2) is 29.9 Å². The number of halogens is 2. The predicted octanol–water partition coefficient (Wildman–Crippen LogP) is 2.70. The number of morpholine rings is 1. The standard InChI is InChI=1S/C12H11Cl2N3O2/c13-8-2-1-7(5-9(8)14)12-16-11(17-19-12)10-6-18-4-3-15-10/h1-2,5,10,15H,3-4,6H2. The molecule has 3 rings (SSSR count). The molecular formula is C12H11Cl2N3O2. The molecule has 1 aliphatic rings. The van der Waals surface area contributed by atoms with Gasteiger partial charge in [-0.25, -0.2) is 0 Å². The maximum Gasteiger partial charge on any atom is 0.258 e. The van der Waals surface area contributed by atoms with Crippen molar-refractivity contribution in [2.45, 2.75) is 6.04 Å². The van der Waals surface area contributed by atoms with Crippen LogP contribution >= 0.6 is 23.2 Å². The molecule has 1 fully saturated rings. The average Bonchev–Trinajstić information content (AvgIpc) is 2.93. The van der Waals surface area contributed by atoms with Crippen LogP contribution in [0.25, 0.3) is 11.5 Å². The van der Waals surface area contributed by atoms with Crippen molar-refractivity contribution in [3.05, 3.63) is 34.1 Å². The van der Waals surface area contributed by atoms with Crippen LogP contribution in [0.5, 0.6) is 0 Å². The van der Waals surface area contributed by atoms with Gasteiger partial charge in [0.05, 0.1) is 29.3 Å². The van der Waals surface area contributed by atoms with Gasteiger partial charge in [0.15, 0.2) is 5.82 Å². The Hall–Kier alpha value is -1.14. The molecule has 0 spiro atoms. The van der Waals surface area contributed by atoms with E-state index in [9.17, 15) is 0 Å². The molecule has 1 aromatic heterocycles. The Morgan fingerprint density at radius 3 is 2.89 bits per heavy atom. The van der Waals surface area contributed by atoms with Gasteiger partial charge in [-0.2, -0.15) is 4.98 Å². The lowest BCUT2D eigenvalue weighted by Crippen LogP contribution is -2.35. The highest BCUT2D eigenvalue weighted by Gasteiger charge is 2.21. The van der Waals surface area contributed by atoms with E-state index < -0.39 is 0 Å². The molecule has 0 bridgehead atoms. The van der Waals surface area contributed by atoms with Crippen molar-refractivity contribution in [1.82, 2.24) is 15.5 Å². The van der Waals surface area contributed by atoms with Crippen LogP contribution in [0.3, 0.4) is 0 Å². The lowest BCUT2D eigenvalue weighted by atomic mass is 10.2. The third-order valence-electron chi connectivity index (χ3n) is 2.84. The second kappa shape index (κ2) is 5.46. The number of rotatable bonds is 2. The van der Waals surface area contributed by atoms with Crippen LogP contribution in [0.2, 0.25) is 10.0 Å². The molecule has 1 aliphatic heterocycles. The second-order valence-electron chi connectivity index (χ2n) is 4.17. The Bertz CT molecular complexity index is 582. The zero-order valence-electron chi connectivity index (χ0n) is 9.90. The molecule has 1 aromatic carbocycles. The van der Waals surface area contributed by atoms with Gasteiger partial charge in [-0.05, 0) is 18.2 Å². The van der Waals surface area contributed by atoms with Crippen molar-refractivity contribution in [3.63, 3.8) is 0 Å². The molecule has 1 unspecified atom stereocenters. The molecular weight excluding hydrogens is 289 g/mol. The number of ether oxygens (including phenoxy) is 1. The monoisotopic (exact) mass is 299 g/mol. The van der Waals surface area contributed by atoms with Gasteiger partial charge in [0.25, 0.3) is 5.89 Å². The van der Waals surface area contributed by atoms with E-state index in [-0.39, 0.29) is 6.04 Å². The number of nitrogens with zero attached hydrogens (tertiary/aromatic N) is 2. The van der Waals surface area contributed by atoms with Gasteiger partial charge >= 0.3 is 0 Å². The largest absolute Gasteiger partial charge is 0.378 e. The highest BCUT2D eigenvalue weighted by molar-refractivity contribution is 6.42. The molecule has 7 heteroatoms. The molecule has 0 aliphatic carbocycles. The summed E-state index contributed by atoms with van der Waals surface area (Å²) in [4.78, 5) is 4.35. The van der Waals surface area contributed by atoms with Gasteiger partial charge in [0.1, 0.15) is 0 Å². The molecule has 0 amide bonds. The summed E-state index contributed by atoms with van der Waals surface area (Å²) in [6, 6.07) is 5.15. The number of hydrogen-bond donors (Lipinski definition) is 1. The minimum Gasteiger partial charge on any atom is -0.378 e. The first-order chi connectivity index (χ1) is 9.24. The van der Waals surface area contributed by atoms with E-state index in [0.29, 0.717) is 35.0 Å². The number of nitrogens with one attached hydrogen (secondary N) is 1. The third-order valence-corrected chi connectivity index (χ3v) is 3.58. The summed E-state index contributed by atoms with van der Waals surface area (Å²) in [5.41, 5.74) is 0.741. The SMILES string of the molecule is Clc1ccc(-c2nc(C3COCCN3)no2)cc1Cl. The third kappa shape index (κ3) is 2.74. The maximum absolute atomic E-state index is 5.97. The fraction of sp³-hybridized carbons (Fsp3) is 0.333. The van der Waals surface area contributed by atoms with E-state index in [1.807, 2.05) is 0 Å². The molecule has 100 valence electrons. The van der Waals surface area contributed by atoms with Gasteiger partial charge in [-0.1, -0.05) is 28.4 Å². The molecule has 0 radical (unpaired) electrons. The maximum atomic E-state index is 5.97. The summed E-state index contributed by atoms with van der Waals surface area (Å²) in [6.45, 7) is 2.02. The lowest BCUT2D eigenvalue weighted by Gasteiger charge is -2.20. The summed E-state index contributed by atoms with van der Waals surface area (Å²) in [5.74, 6) is 1.00. The molecule has 5 nitrogen and oxygen atoms in total. The molecule has 1 N–H and O–H groups in total. The summed E-state index contributed by atoms with van der Waals surface area (Å²) < 4.78 is 10.6. The van der Waals surface area contributed by atoms with Crippen LogP contribution in [0.4, 0.5) is 0 Å². The Morgan fingerprint density at radius 2 is 2.16 bits per heavy atom. The molecule has 1 saturated heterocycles. The van der Waals surface area contributed by atoms with Gasteiger partial charge in [0, 0.05) is 12.1 Å². The highest BCUT2D eigenvalue weighted by Crippen LogP contribution is 2.28. The molecule has 2 aromatic rings. The number of hydrogen-bond acceptors (Lipinski definition) is 5. The van der Waals surface area contributed by atoms with Gasteiger partial charge in [-0.15, -0.1) is 0 Å².